The Labute approximate surface area is 354 Å². The van der Waals surface area contributed by atoms with Crippen LogP contribution < -0.4 is 25.9 Å². The van der Waals surface area contributed by atoms with E-state index in [4.69, 9.17) is 9.47 Å². The van der Waals surface area contributed by atoms with E-state index in [-0.39, 0.29) is 6.71 Å². The van der Waals surface area contributed by atoms with Crippen LogP contribution in [0.2, 0.25) is 0 Å². The summed E-state index contributed by atoms with van der Waals surface area (Å²) in [6.07, 6.45) is 0. The van der Waals surface area contributed by atoms with E-state index in [0.29, 0.717) is 0 Å². The van der Waals surface area contributed by atoms with E-state index in [2.05, 4.69) is 206 Å². The van der Waals surface area contributed by atoms with Gasteiger partial charge < -0.3 is 9.47 Å². The lowest BCUT2D eigenvalue weighted by Gasteiger charge is -2.33. The van der Waals surface area contributed by atoms with Gasteiger partial charge in [0.15, 0.2) is 0 Å². The van der Waals surface area contributed by atoms with Crippen LogP contribution in [0.5, 0.6) is 23.0 Å². The summed E-state index contributed by atoms with van der Waals surface area (Å²) < 4.78 is 13.8. The Kier molecular flexibility index (Phi) is 7.43. The third kappa shape index (κ3) is 5.11. The van der Waals surface area contributed by atoms with E-state index in [1.165, 1.54) is 76.5 Å². The predicted octanol–water partition coefficient (Wildman–Crippen LogP) is 13.7. The van der Waals surface area contributed by atoms with Crippen LogP contribution in [0, 0.1) is 0 Å². The van der Waals surface area contributed by atoms with Crippen molar-refractivity contribution in [2.75, 3.05) is 0 Å². The van der Waals surface area contributed by atoms with Crippen molar-refractivity contribution in [3.63, 3.8) is 0 Å². The molecular formula is C58H35BO2. The molecule has 2 heterocycles. The van der Waals surface area contributed by atoms with Crippen molar-refractivity contribution in [3.8, 4) is 67.5 Å². The van der Waals surface area contributed by atoms with Gasteiger partial charge >= 0.3 is 0 Å². The maximum Gasteiger partial charge on any atom is 0.260 e. The summed E-state index contributed by atoms with van der Waals surface area (Å²) in [5.74, 6) is 3.42. The highest BCUT2D eigenvalue weighted by Crippen LogP contribution is 2.47. The molecule has 0 aliphatic carbocycles. The minimum Gasteiger partial charge on any atom is -0.458 e. The van der Waals surface area contributed by atoms with Crippen molar-refractivity contribution in [1.29, 1.82) is 0 Å². The van der Waals surface area contributed by atoms with Crippen molar-refractivity contribution in [1.82, 2.24) is 0 Å². The van der Waals surface area contributed by atoms with E-state index in [1.54, 1.807) is 0 Å². The molecule has 11 aromatic carbocycles. The number of hydrogen-bond donors (Lipinski definition) is 0. The van der Waals surface area contributed by atoms with Gasteiger partial charge in [-0.15, -0.1) is 0 Å². The quantitative estimate of drug-likeness (QED) is 0.131. The standard InChI is InChI=1S/C58H35BO2/c1-3-16-36(17-4-1)54-40-20-7-11-24-44(40)56(45-25-12-8-21-41(45)54)38-30-32-48-52(34-38)60-50-28-15-29-51-58(50)59(48)49-33-31-39(35-53(49)61-51)57-46-26-13-9-22-42(46)55(37-18-5-2-6-19-37)43-23-10-14-27-47(43)57/h1-35H. The Morgan fingerprint density at radius 1 is 0.246 bits per heavy atom. The van der Waals surface area contributed by atoms with Crippen LogP contribution in [0.4, 0.5) is 0 Å². The van der Waals surface area contributed by atoms with Crippen LogP contribution >= 0.6 is 0 Å². The van der Waals surface area contributed by atoms with Gasteiger partial charge in [-0.2, -0.15) is 0 Å². The lowest BCUT2D eigenvalue weighted by atomic mass is 9.35. The molecule has 13 rings (SSSR count). The average Bonchev–Trinajstić information content (AvgIpc) is 3.32. The van der Waals surface area contributed by atoms with Gasteiger partial charge in [0.2, 0.25) is 0 Å². The number of fused-ring (bicyclic) bond motifs is 8. The Morgan fingerprint density at radius 2 is 0.557 bits per heavy atom. The molecular weight excluding hydrogens is 739 g/mol. The van der Waals surface area contributed by atoms with Crippen LogP contribution in [0.15, 0.2) is 212 Å². The summed E-state index contributed by atoms with van der Waals surface area (Å²) in [5, 5.41) is 9.83. The van der Waals surface area contributed by atoms with Gasteiger partial charge in [0.1, 0.15) is 23.0 Å². The maximum absolute atomic E-state index is 6.88. The largest absolute Gasteiger partial charge is 0.458 e. The van der Waals surface area contributed by atoms with Gasteiger partial charge in [0, 0.05) is 5.46 Å². The molecule has 0 unspecified atom stereocenters. The van der Waals surface area contributed by atoms with Crippen molar-refractivity contribution in [2.24, 2.45) is 0 Å². The molecule has 0 atom stereocenters. The summed E-state index contributed by atoms with van der Waals surface area (Å²) in [4.78, 5) is 0. The van der Waals surface area contributed by atoms with E-state index in [1.807, 2.05) is 6.07 Å². The molecule has 0 radical (unpaired) electrons. The molecule has 3 heteroatoms. The molecule has 0 amide bonds. The van der Waals surface area contributed by atoms with Crippen molar-refractivity contribution in [3.05, 3.63) is 212 Å². The highest BCUT2D eigenvalue weighted by molar-refractivity contribution is 6.98. The first kappa shape index (κ1) is 34.0. The van der Waals surface area contributed by atoms with Gasteiger partial charge in [0.25, 0.3) is 6.71 Å². The summed E-state index contributed by atoms with van der Waals surface area (Å²) in [6, 6.07) is 76.7. The number of hydrogen-bond acceptors (Lipinski definition) is 2. The first-order valence-electron chi connectivity index (χ1n) is 21.0. The highest BCUT2D eigenvalue weighted by atomic mass is 16.5. The van der Waals surface area contributed by atoms with E-state index >= 15 is 0 Å². The Morgan fingerprint density at radius 3 is 0.902 bits per heavy atom. The van der Waals surface area contributed by atoms with Gasteiger partial charge in [-0.25, -0.2) is 0 Å². The third-order valence-electron chi connectivity index (χ3n) is 13.0. The predicted molar refractivity (Wildman–Crippen MR) is 256 cm³/mol. The van der Waals surface area contributed by atoms with Crippen LogP contribution in [0.3, 0.4) is 0 Å². The minimum absolute atomic E-state index is 0.0512. The topological polar surface area (TPSA) is 18.5 Å². The van der Waals surface area contributed by atoms with Crippen molar-refractivity contribution < 1.29 is 9.47 Å². The van der Waals surface area contributed by atoms with Gasteiger partial charge in [-0.05, 0) is 123 Å². The fourth-order valence-electron chi connectivity index (χ4n) is 10.4. The van der Waals surface area contributed by atoms with Crippen LogP contribution in [0.25, 0.3) is 87.6 Å². The van der Waals surface area contributed by atoms with Crippen LogP contribution in [-0.2, 0) is 0 Å². The average molecular weight is 775 g/mol. The van der Waals surface area contributed by atoms with E-state index in [9.17, 15) is 0 Å². The zero-order valence-electron chi connectivity index (χ0n) is 33.1. The van der Waals surface area contributed by atoms with Gasteiger partial charge in [0.05, 0.1) is 0 Å². The SMILES string of the molecule is c1ccc(-c2c3ccccc3c(-c3ccc4c(c3)Oc3cccc5c3B4c3ccc(-c4c6ccccc6c(-c6ccccc6)c6ccccc46)cc3O5)c3ccccc23)cc1. The fraction of sp³-hybridized carbons (Fsp3) is 0. The van der Waals surface area contributed by atoms with Gasteiger partial charge in [-0.3, -0.25) is 0 Å². The molecule has 0 saturated carbocycles. The molecule has 11 aromatic rings. The molecule has 0 N–H and O–H groups in total. The number of rotatable bonds is 4. The first-order valence-corrected chi connectivity index (χ1v) is 21.0. The summed E-state index contributed by atoms with van der Waals surface area (Å²) in [7, 11) is 0. The Hall–Kier alpha value is -7.88. The normalized spacial score (nSPS) is 12.5. The Bertz CT molecular complexity index is 3250. The number of ether oxygens (including phenoxy) is 2. The zero-order valence-corrected chi connectivity index (χ0v) is 33.1. The van der Waals surface area contributed by atoms with Crippen molar-refractivity contribution in [2.45, 2.75) is 0 Å². The minimum atomic E-state index is -0.0512. The monoisotopic (exact) mass is 774 g/mol. The zero-order chi connectivity index (χ0) is 40.0. The van der Waals surface area contributed by atoms with E-state index < -0.39 is 0 Å². The summed E-state index contributed by atoms with van der Waals surface area (Å²) in [5.41, 5.74) is 13.0. The highest BCUT2D eigenvalue weighted by Gasteiger charge is 2.40. The Balaban J connectivity index is 0.988. The molecule has 0 spiro atoms. The molecule has 0 bridgehead atoms. The molecule has 2 nitrogen and oxygen atoms in total. The summed E-state index contributed by atoms with van der Waals surface area (Å²) >= 11 is 0. The van der Waals surface area contributed by atoms with Crippen molar-refractivity contribution >= 4 is 66.2 Å². The molecule has 0 aromatic heterocycles. The molecule has 0 fully saturated rings. The molecule has 0 saturated heterocycles. The molecule has 282 valence electrons. The fourth-order valence-corrected chi connectivity index (χ4v) is 10.4. The van der Waals surface area contributed by atoms with Gasteiger partial charge in [-0.1, -0.05) is 188 Å². The molecule has 2 aliphatic heterocycles. The first-order chi connectivity index (χ1) is 30.3. The van der Waals surface area contributed by atoms with E-state index in [0.717, 1.165) is 50.5 Å². The second kappa shape index (κ2) is 13.3. The lowest BCUT2D eigenvalue weighted by Crippen LogP contribution is -2.57. The lowest BCUT2D eigenvalue weighted by molar-refractivity contribution is 0.465. The number of benzene rings is 11. The van der Waals surface area contributed by atoms with Crippen LogP contribution in [0.1, 0.15) is 0 Å². The smallest absolute Gasteiger partial charge is 0.260 e. The third-order valence-corrected chi connectivity index (χ3v) is 13.0. The van der Waals surface area contributed by atoms with Crippen LogP contribution in [-0.4, -0.2) is 6.71 Å². The maximum atomic E-state index is 6.88. The molecule has 61 heavy (non-hydrogen) atoms. The second-order valence-electron chi connectivity index (χ2n) is 16.2. The second-order valence-corrected chi connectivity index (χ2v) is 16.2. The molecule has 2 aliphatic rings. The summed E-state index contributed by atoms with van der Waals surface area (Å²) in [6.45, 7) is -0.0512.